The maximum atomic E-state index is 9.28. The first kappa shape index (κ1) is 8.93. The van der Waals surface area contributed by atoms with Gasteiger partial charge in [-0.3, -0.25) is 5.32 Å². The molecule has 0 amide bonds. The van der Waals surface area contributed by atoms with Crippen LogP contribution in [0.4, 0.5) is 0 Å². The first-order valence-electron chi connectivity index (χ1n) is 3.88. The highest BCUT2D eigenvalue weighted by atomic mass is 16.5. The van der Waals surface area contributed by atoms with Crippen LogP contribution in [-0.2, 0) is 4.74 Å². The average molecular weight is 161 g/mol. The van der Waals surface area contributed by atoms with Crippen molar-refractivity contribution in [2.75, 3.05) is 13.7 Å². The minimum atomic E-state index is -0.349. The number of ether oxygens (including phenoxy) is 1. The maximum Gasteiger partial charge on any atom is 0.110 e. The van der Waals surface area contributed by atoms with Gasteiger partial charge in [0.1, 0.15) is 6.23 Å². The van der Waals surface area contributed by atoms with E-state index in [-0.39, 0.29) is 25.0 Å². The second kappa shape index (κ2) is 4.01. The number of hydrogen-bond donors (Lipinski definition) is 3. The largest absolute Gasteiger partial charge is 0.394 e. The van der Waals surface area contributed by atoms with Crippen LogP contribution in [-0.4, -0.2) is 42.3 Å². The van der Waals surface area contributed by atoms with E-state index in [9.17, 15) is 5.11 Å². The molecule has 0 spiro atoms. The van der Waals surface area contributed by atoms with Gasteiger partial charge in [-0.15, -0.1) is 0 Å². The minimum absolute atomic E-state index is 0.0186. The minimum Gasteiger partial charge on any atom is -0.394 e. The van der Waals surface area contributed by atoms with Gasteiger partial charge >= 0.3 is 0 Å². The topological polar surface area (TPSA) is 61.7 Å². The van der Waals surface area contributed by atoms with Crippen LogP contribution in [0.25, 0.3) is 0 Å². The summed E-state index contributed by atoms with van der Waals surface area (Å²) >= 11 is 0. The maximum absolute atomic E-state index is 9.28. The molecule has 4 heteroatoms. The standard InChI is InChI=1S/C7H15NO3/c1-8-7-3-5(10)2-6(4-9)11-7/h5-10H,2-4H2,1H3/t5-,6?,7?/m0/s1. The Bertz CT molecular complexity index is 108. The highest BCUT2D eigenvalue weighted by molar-refractivity contribution is 4.74. The molecule has 1 aliphatic heterocycles. The van der Waals surface area contributed by atoms with Gasteiger partial charge in [-0.1, -0.05) is 0 Å². The molecule has 0 bridgehead atoms. The number of aliphatic hydroxyl groups is 2. The summed E-state index contributed by atoms with van der Waals surface area (Å²) in [6.45, 7) is -0.0186. The van der Waals surface area contributed by atoms with E-state index in [1.165, 1.54) is 0 Å². The molecule has 0 aromatic heterocycles. The third-order valence-corrected chi connectivity index (χ3v) is 1.90. The lowest BCUT2D eigenvalue weighted by atomic mass is 10.1. The summed E-state index contributed by atoms with van der Waals surface area (Å²) in [5.41, 5.74) is 0. The number of aliphatic hydroxyl groups excluding tert-OH is 2. The molecule has 0 aromatic carbocycles. The van der Waals surface area contributed by atoms with Crippen LogP contribution in [0.1, 0.15) is 12.8 Å². The third-order valence-electron chi connectivity index (χ3n) is 1.90. The van der Waals surface area contributed by atoms with Gasteiger partial charge < -0.3 is 14.9 Å². The van der Waals surface area contributed by atoms with Crippen molar-refractivity contribution < 1.29 is 14.9 Å². The predicted molar refractivity (Wildman–Crippen MR) is 40.0 cm³/mol. The second-order valence-corrected chi connectivity index (χ2v) is 2.84. The third kappa shape index (κ3) is 2.41. The first-order valence-corrected chi connectivity index (χ1v) is 3.88. The Balaban J connectivity index is 2.37. The zero-order valence-corrected chi connectivity index (χ0v) is 6.66. The monoisotopic (exact) mass is 161 g/mol. The Kier molecular flexibility index (Phi) is 3.26. The summed E-state index contributed by atoms with van der Waals surface area (Å²) in [5, 5.41) is 20.9. The fraction of sp³-hybridized carbons (Fsp3) is 1.00. The Labute approximate surface area is 66.2 Å². The summed E-state index contributed by atoms with van der Waals surface area (Å²) in [5.74, 6) is 0. The Morgan fingerprint density at radius 3 is 2.82 bits per heavy atom. The van der Waals surface area contributed by atoms with Crippen molar-refractivity contribution in [3.8, 4) is 0 Å². The van der Waals surface area contributed by atoms with Crippen molar-refractivity contribution in [2.45, 2.75) is 31.3 Å². The molecule has 3 N–H and O–H groups in total. The smallest absolute Gasteiger partial charge is 0.110 e. The fourth-order valence-electron chi connectivity index (χ4n) is 1.29. The molecular weight excluding hydrogens is 146 g/mol. The molecule has 0 aromatic rings. The lowest BCUT2D eigenvalue weighted by Gasteiger charge is -2.31. The molecule has 1 saturated heterocycles. The molecule has 11 heavy (non-hydrogen) atoms. The van der Waals surface area contributed by atoms with Crippen molar-refractivity contribution in [1.82, 2.24) is 5.32 Å². The van der Waals surface area contributed by atoms with Crippen molar-refractivity contribution in [2.24, 2.45) is 0 Å². The Morgan fingerprint density at radius 2 is 2.27 bits per heavy atom. The fourth-order valence-corrected chi connectivity index (χ4v) is 1.29. The predicted octanol–water partition coefficient (Wildman–Crippen LogP) is -0.936. The van der Waals surface area contributed by atoms with E-state index in [1.807, 2.05) is 0 Å². The molecule has 66 valence electrons. The van der Waals surface area contributed by atoms with Crippen LogP contribution in [0, 0.1) is 0 Å². The van der Waals surface area contributed by atoms with Crippen LogP contribution < -0.4 is 5.32 Å². The normalized spacial score (nSPS) is 39.0. The Morgan fingerprint density at radius 1 is 1.55 bits per heavy atom. The van der Waals surface area contributed by atoms with Crippen molar-refractivity contribution in [3.63, 3.8) is 0 Å². The number of hydrogen-bond acceptors (Lipinski definition) is 4. The molecule has 3 atom stereocenters. The van der Waals surface area contributed by atoms with Crippen molar-refractivity contribution >= 4 is 0 Å². The van der Waals surface area contributed by atoms with E-state index in [2.05, 4.69) is 5.32 Å². The van der Waals surface area contributed by atoms with Gasteiger partial charge in [0.05, 0.1) is 18.8 Å². The van der Waals surface area contributed by atoms with Crippen LogP contribution in [0.3, 0.4) is 0 Å². The summed E-state index contributed by atoms with van der Waals surface area (Å²) in [4.78, 5) is 0. The molecule has 2 unspecified atom stereocenters. The van der Waals surface area contributed by atoms with Crippen LogP contribution in [0.2, 0.25) is 0 Å². The first-order chi connectivity index (χ1) is 5.26. The summed E-state index contributed by atoms with van der Waals surface area (Å²) in [7, 11) is 1.77. The molecular formula is C7H15NO3. The number of nitrogens with one attached hydrogen (secondary N) is 1. The SMILES string of the molecule is CNC1C[C@@H](O)CC(CO)O1. The summed E-state index contributed by atoms with van der Waals surface area (Å²) < 4.78 is 5.33. The molecule has 1 aliphatic rings. The molecule has 1 rings (SSSR count). The lowest BCUT2D eigenvalue weighted by Crippen LogP contribution is -2.43. The van der Waals surface area contributed by atoms with E-state index < -0.39 is 0 Å². The van der Waals surface area contributed by atoms with Crippen molar-refractivity contribution in [3.05, 3.63) is 0 Å². The Hall–Kier alpha value is -0.160. The molecule has 0 saturated carbocycles. The van der Waals surface area contributed by atoms with Gasteiger partial charge in [-0.05, 0) is 7.05 Å². The van der Waals surface area contributed by atoms with Gasteiger partial charge in [0.2, 0.25) is 0 Å². The molecule has 0 aliphatic carbocycles. The second-order valence-electron chi connectivity index (χ2n) is 2.84. The summed E-state index contributed by atoms with van der Waals surface area (Å²) in [6.07, 6.45) is 0.465. The van der Waals surface area contributed by atoms with Gasteiger partial charge in [0.15, 0.2) is 0 Å². The zero-order chi connectivity index (χ0) is 8.27. The van der Waals surface area contributed by atoms with E-state index in [4.69, 9.17) is 9.84 Å². The summed E-state index contributed by atoms with van der Waals surface area (Å²) in [6, 6.07) is 0. The van der Waals surface area contributed by atoms with Crippen LogP contribution in [0.15, 0.2) is 0 Å². The van der Waals surface area contributed by atoms with Gasteiger partial charge in [-0.2, -0.15) is 0 Å². The van der Waals surface area contributed by atoms with Crippen LogP contribution in [0.5, 0.6) is 0 Å². The highest BCUT2D eigenvalue weighted by Gasteiger charge is 2.26. The molecule has 4 nitrogen and oxygen atoms in total. The van der Waals surface area contributed by atoms with E-state index in [0.29, 0.717) is 12.8 Å². The quantitative estimate of drug-likeness (QED) is 0.489. The van der Waals surface area contributed by atoms with Gasteiger partial charge in [0, 0.05) is 12.8 Å². The van der Waals surface area contributed by atoms with Crippen LogP contribution >= 0.6 is 0 Å². The molecule has 1 heterocycles. The zero-order valence-electron chi connectivity index (χ0n) is 6.66. The molecule has 1 fully saturated rings. The highest BCUT2D eigenvalue weighted by Crippen LogP contribution is 2.17. The van der Waals surface area contributed by atoms with E-state index in [1.54, 1.807) is 7.05 Å². The van der Waals surface area contributed by atoms with E-state index in [0.717, 1.165) is 0 Å². The van der Waals surface area contributed by atoms with Crippen molar-refractivity contribution in [1.29, 1.82) is 0 Å². The van der Waals surface area contributed by atoms with Gasteiger partial charge in [0.25, 0.3) is 0 Å². The molecule has 0 radical (unpaired) electrons. The number of rotatable bonds is 2. The van der Waals surface area contributed by atoms with Gasteiger partial charge in [-0.25, -0.2) is 0 Å². The lowest BCUT2D eigenvalue weighted by molar-refractivity contribution is -0.120. The van der Waals surface area contributed by atoms with E-state index >= 15 is 0 Å². The average Bonchev–Trinajstić information content (AvgIpc) is 2.03.